The average molecular weight is 340 g/mol. The summed E-state index contributed by atoms with van der Waals surface area (Å²) in [5.74, 6) is 1.83. The number of hydrogen-bond acceptors (Lipinski definition) is 3. The molecule has 1 saturated heterocycles. The van der Waals surface area contributed by atoms with E-state index in [2.05, 4.69) is 6.92 Å². The largest absolute Gasteiger partial charge is 0.392 e. The molecule has 0 aromatic heterocycles. The second-order valence-corrected chi connectivity index (χ2v) is 11.6. The average Bonchev–Trinajstić information content (AvgIpc) is 2.57. The summed E-state index contributed by atoms with van der Waals surface area (Å²) in [6.07, 6.45) is 12.3. The van der Waals surface area contributed by atoms with Crippen LogP contribution in [-0.2, 0) is 9.09 Å². The van der Waals surface area contributed by atoms with Gasteiger partial charge >= 0.3 is 0 Å². The van der Waals surface area contributed by atoms with E-state index in [0.717, 1.165) is 32.1 Å². The molecule has 0 aromatic carbocycles. The summed E-state index contributed by atoms with van der Waals surface area (Å²) in [6, 6.07) is 0. The summed E-state index contributed by atoms with van der Waals surface area (Å²) in [5, 5.41) is 10.6. The lowest BCUT2D eigenvalue weighted by molar-refractivity contribution is 0.00805. The van der Waals surface area contributed by atoms with Crippen molar-refractivity contribution >= 4 is 7.37 Å². The Bertz CT molecular complexity index is 479. The van der Waals surface area contributed by atoms with Crippen LogP contribution in [-0.4, -0.2) is 28.6 Å². The summed E-state index contributed by atoms with van der Waals surface area (Å²) in [6.45, 7) is 2.25. The fourth-order valence-electron chi connectivity index (χ4n) is 6.17. The molecule has 1 aliphatic heterocycles. The predicted molar refractivity (Wildman–Crippen MR) is 93.0 cm³/mol. The van der Waals surface area contributed by atoms with Crippen molar-refractivity contribution in [2.75, 3.05) is 0 Å². The van der Waals surface area contributed by atoms with Crippen LogP contribution < -0.4 is 0 Å². The zero-order valence-electron chi connectivity index (χ0n) is 14.5. The first-order valence-electron chi connectivity index (χ1n) is 10.1. The Balaban J connectivity index is 1.66. The fraction of sp³-hybridized carbons (Fsp3) is 1.00. The first kappa shape index (κ1) is 16.6. The highest BCUT2D eigenvalue weighted by Gasteiger charge is 2.57. The number of hydrogen-bond donors (Lipinski definition) is 1. The van der Waals surface area contributed by atoms with E-state index in [0.29, 0.717) is 17.8 Å². The molecule has 0 amide bonds. The van der Waals surface area contributed by atoms with Crippen molar-refractivity contribution in [3.05, 3.63) is 0 Å². The van der Waals surface area contributed by atoms with Gasteiger partial charge in [0, 0.05) is 5.66 Å². The first-order chi connectivity index (χ1) is 11.1. The van der Waals surface area contributed by atoms with E-state index in [1.807, 2.05) is 0 Å². The molecule has 3 saturated carbocycles. The van der Waals surface area contributed by atoms with Gasteiger partial charge in [-0.3, -0.25) is 4.57 Å². The topological polar surface area (TPSA) is 46.5 Å². The third-order valence-corrected chi connectivity index (χ3v) is 11.0. The van der Waals surface area contributed by atoms with Gasteiger partial charge < -0.3 is 9.63 Å². The lowest BCUT2D eigenvalue weighted by Crippen LogP contribution is -2.49. The van der Waals surface area contributed by atoms with Crippen LogP contribution >= 0.6 is 7.37 Å². The monoisotopic (exact) mass is 340 g/mol. The van der Waals surface area contributed by atoms with Gasteiger partial charge in [-0.15, -0.1) is 0 Å². The summed E-state index contributed by atoms with van der Waals surface area (Å²) >= 11 is 0. The highest BCUT2D eigenvalue weighted by molar-refractivity contribution is 7.60. The normalized spacial score (nSPS) is 54.1. The van der Waals surface area contributed by atoms with Crippen molar-refractivity contribution in [1.82, 2.24) is 0 Å². The highest BCUT2D eigenvalue weighted by Crippen LogP contribution is 2.70. The van der Waals surface area contributed by atoms with Gasteiger partial charge in [-0.2, -0.15) is 0 Å². The van der Waals surface area contributed by atoms with E-state index in [4.69, 9.17) is 4.52 Å². The maximum Gasteiger partial charge on any atom is 0.212 e. The van der Waals surface area contributed by atoms with Crippen molar-refractivity contribution in [1.29, 1.82) is 0 Å². The Hall–Kier alpha value is 0.150. The minimum absolute atomic E-state index is 0.0836. The molecule has 0 spiro atoms. The van der Waals surface area contributed by atoms with E-state index in [1.54, 1.807) is 0 Å². The number of aliphatic hydroxyl groups excluding tert-OH is 1. The molecule has 4 aliphatic rings. The van der Waals surface area contributed by atoms with E-state index in [9.17, 15) is 9.67 Å². The van der Waals surface area contributed by atoms with Crippen molar-refractivity contribution in [2.45, 2.75) is 101 Å². The van der Waals surface area contributed by atoms with Gasteiger partial charge in [-0.1, -0.05) is 32.6 Å². The molecule has 23 heavy (non-hydrogen) atoms. The molecule has 0 bridgehead atoms. The number of aliphatic hydroxyl groups is 1. The van der Waals surface area contributed by atoms with Gasteiger partial charge in [0.15, 0.2) is 0 Å². The maximum absolute atomic E-state index is 14.2. The van der Waals surface area contributed by atoms with Crippen molar-refractivity contribution in [2.24, 2.45) is 17.8 Å². The van der Waals surface area contributed by atoms with E-state index in [1.165, 1.54) is 38.5 Å². The van der Waals surface area contributed by atoms with E-state index < -0.39 is 13.5 Å². The van der Waals surface area contributed by atoms with E-state index >= 15 is 0 Å². The highest BCUT2D eigenvalue weighted by atomic mass is 31.2. The molecule has 0 radical (unpaired) electrons. The second-order valence-electron chi connectivity index (χ2n) is 8.81. The van der Waals surface area contributed by atoms with Crippen LogP contribution in [0.2, 0.25) is 0 Å². The molecule has 4 heteroatoms. The molecule has 0 aromatic rings. The Morgan fingerprint density at radius 3 is 2.39 bits per heavy atom. The van der Waals surface area contributed by atoms with E-state index in [-0.39, 0.29) is 17.4 Å². The van der Waals surface area contributed by atoms with Crippen molar-refractivity contribution in [3.63, 3.8) is 0 Å². The lowest BCUT2D eigenvalue weighted by Gasteiger charge is -2.54. The molecule has 8 unspecified atom stereocenters. The molecule has 1 heterocycles. The maximum atomic E-state index is 14.2. The zero-order valence-corrected chi connectivity index (χ0v) is 15.4. The van der Waals surface area contributed by atoms with Gasteiger partial charge in [-0.05, 0) is 62.7 Å². The summed E-state index contributed by atoms with van der Waals surface area (Å²) in [4.78, 5) is 0. The smallest absolute Gasteiger partial charge is 0.212 e. The molecule has 3 nitrogen and oxygen atoms in total. The van der Waals surface area contributed by atoms with Crippen LogP contribution in [0.15, 0.2) is 0 Å². The first-order valence-corrected chi connectivity index (χ1v) is 11.8. The standard InChI is InChI=1S/C19H33O3P/c1-13-10-11-16(20)19(12-13)23(21)18-9-5-3-7-15(18)14-6-2-4-8-17(14)22-23/h13-20H,2-12H2,1H3. The Labute approximate surface area is 141 Å². The Morgan fingerprint density at radius 1 is 0.870 bits per heavy atom. The number of fused-ring (bicyclic) bond motifs is 3. The fourth-order valence-corrected chi connectivity index (χ4v) is 10.4. The van der Waals surface area contributed by atoms with Crippen molar-refractivity contribution in [3.8, 4) is 0 Å². The molecular formula is C19H33O3P. The zero-order chi connectivity index (χ0) is 16.0. The SMILES string of the molecule is CC1CCC(O)C(P2(=O)OC3CCCCC3C3CCCCC32)C1. The van der Waals surface area contributed by atoms with Gasteiger partial charge in [0.05, 0.1) is 17.9 Å². The van der Waals surface area contributed by atoms with Crippen LogP contribution in [0.1, 0.15) is 77.6 Å². The van der Waals surface area contributed by atoms with Gasteiger partial charge in [-0.25, -0.2) is 0 Å². The second kappa shape index (κ2) is 6.46. The molecule has 4 rings (SSSR count). The minimum Gasteiger partial charge on any atom is -0.392 e. The molecule has 1 N–H and O–H groups in total. The number of rotatable bonds is 1. The van der Waals surface area contributed by atoms with Crippen LogP contribution in [0.5, 0.6) is 0 Å². The predicted octanol–water partition coefficient (Wildman–Crippen LogP) is 4.96. The molecule has 4 fully saturated rings. The van der Waals surface area contributed by atoms with Crippen LogP contribution in [0.25, 0.3) is 0 Å². The third kappa shape index (κ3) is 2.85. The van der Waals surface area contributed by atoms with Crippen molar-refractivity contribution < 1.29 is 14.2 Å². The van der Waals surface area contributed by atoms with Crippen LogP contribution in [0.3, 0.4) is 0 Å². The third-order valence-electron chi connectivity index (χ3n) is 7.35. The summed E-state index contributed by atoms with van der Waals surface area (Å²) in [7, 11) is -2.75. The van der Waals surface area contributed by atoms with Gasteiger partial charge in [0.2, 0.25) is 7.37 Å². The summed E-state index contributed by atoms with van der Waals surface area (Å²) in [5.41, 5.74) is 0.167. The Morgan fingerprint density at radius 2 is 1.57 bits per heavy atom. The minimum atomic E-state index is -2.75. The molecule has 3 aliphatic carbocycles. The molecular weight excluding hydrogens is 307 g/mol. The van der Waals surface area contributed by atoms with Gasteiger partial charge in [0.1, 0.15) is 0 Å². The van der Waals surface area contributed by atoms with Crippen LogP contribution in [0.4, 0.5) is 0 Å². The quantitative estimate of drug-likeness (QED) is 0.686. The molecule has 8 atom stereocenters. The lowest BCUT2D eigenvalue weighted by atomic mass is 9.71. The van der Waals surface area contributed by atoms with Crippen LogP contribution in [0, 0.1) is 17.8 Å². The summed E-state index contributed by atoms with van der Waals surface area (Å²) < 4.78 is 20.7. The Kier molecular flexibility index (Phi) is 4.67. The molecule has 132 valence electrons. The van der Waals surface area contributed by atoms with Gasteiger partial charge in [0.25, 0.3) is 0 Å².